The topological polar surface area (TPSA) is 116 Å². The number of nitrogens with zero attached hydrogens (tertiary/aromatic N) is 1. The average molecular weight is 637 g/mol. The molecule has 10 nitrogen and oxygen atoms in total. The van der Waals surface area contributed by atoms with Crippen molar-refractivity contribution in [1.82, 2.24) is 4.90 Å². The number of amides is 1. The number of carboxylic acid groups (broad SMARTS) is 1. The number of hydrogen-bond donors (Lipinski definition) is 2. The molecule has 1 fully saturated rings. The van der Waals surface area contributed by atoms with Gasteiger partial charge in [0.2, 0.25) is 18.4 Å². The van der Waals surface area contributed by atoms with Gasteiger partial charge in [-0.3, -0.25) is 14.5 Å². The summed E-state index contributed by atoms with van der Waals surface area (Å²) >= 11 is 0. The monoisotopic (exact) mass is 636 g/mol. The number of halogens is 1. The normalized spacial score (nSPS) is 18.9. The van der Waals surface area contributed by atoms with Crippen molar-refractivity contribution >= 4 is 17.6 Å². The zero-order valence-corrected chi connectivity index (χ0v) is 26.4. The molecule has 3 aromatic rings. The maximum atomic E-state index is 15.0. The second-order valence-electron chi connectivity index (χ2n) is 11.3. The van der Waals surface area contributed by atoms with Crippen LogP contribution in [0.1, 0.15) is 48.1 Å². The molecule has 1 saturated heterocycles. The van der Waals surface area contributed by atoms with E-state index in [0.29, 0.717) is 43.3 Å². The molecule has 246 valence electrons. The zero-order valence-electron chi connectivity index (χ0n) is 26.4. The Balaban J connectivity index is 1.42. The van der Waals surface area contributed by atoms with Crippen molar-refractivity contribution < 1.29 is 42.8 Å². The van der Waals surface area contributed by atoms with Crippen molar-refractivity contribution in [2.75, 3.05) is 58.7 Å². The molecule has 0 aliphatic carbocycles. The number of rotatable bonds is 15. The van der Waals surface area contributed by atoms with Gasteiger partial charge in [-0.1, -0.05) is 44.2 Å². The highest BCUT2D eigenvalue weighted by molar-refractivity contribution is 5.94. The fraction of sp³-hybridized carbons (Fsp3) is 0.429. The van der Waals surface area contributed by atoms with Gasteiger partial charge in [-0.25, -0.2) is 4.39 Å². The minimum absolute atomic E-state index is 0.0161. The Morgan fingerprint density at radius 2 is 1.70 bits per heavy atom. The summed E-state index contributed by atoms with van der Waals surface area (Å²) < 4.78 is 41.9. The third kappa shape index (κ3) is 7.43. The smallest absolute Gasteiger partial charge is 0.309 e. The third-order valence-electron chi connectivity index (χ3n) is 8.52. The minimum atomic E-state index is -1.05. The second-order valence-corrected chi connectivity index (χ2v) is 11.3. The maximum absolute atomic E-state index is 15.0. The van der Waals surface area contributed by atoms with Crippen LogP contribution in [0.25, 0.3) is 0 Å². The number of carboxylic acids is 1. The number of aliphatic carboxylic acids is 1. The van der Waals surface area contributed by atoms with Crippen LogP contribution in [0.15, 0.2) is 54.6 Å². The number of methoxy groups -OCH3 is 1. The fourth-order valence-electron chi connectivity index (χ4n) is 6.32. The Morgan fingerprint density at radius 3 is 2.37 bits per heavy atom. The fourth-order valence-corrected chi connectivity index (χ4v) is 6.32. The lowest BCUT2D eigenvalue weighted by Gasteiger charge is -2.27. The van der Waals surface area contributed by atoms with E-state index in [-0.39, 0.29) is 37.3 Å². The highest BCUT2D eigenvalue weighted by atomic mass is 19.1. The summed E-state index contributed by atoms with van der Waals surface area (Å²) in [6, 6.07) is 15.4. The van der Waals surface area contributed by atoms with Gasteiger partial charge < -0.3 is 34.1 Å². The Bertz CT molecular complexity index is 1490. The molecule has 2 aliphatic heterocycles. The summed E-state index contributed by atoms with van der Waals surface area (Å²) in [5.74, 6) is -2.67. The van der Waals surface area contributed by atoms with Gasteiger partial charge >= 0.3 is 5.97 Å². The summed E-state index contributed by atoms with van der Waals surface area (Å²) in [5.41, 5.74) is 4.03. The highest BCUT2D eigenvalue weighted by Crippen LogP contribution is 2.48. The molecular formula is C35H41FN2O8. The van der Waals surface area contributed by atoms with Crippen LogP contribution in [0.2, 0.25) is 0 Å². The highest BCUT2D eigenvalue weighted by Gasteiger charge is 2.48. The number of anilines is 1. The summed E-state index contributed by atoms with van der Waals surface area (Å²) in [5, 5.41) is 13.7. The van der Waals surface area contributed by atoms with E-state index in [9.17, 15) is 14.7 Å². The van der Waals surface area contributed by atoms with E-state index in [2.05, 4.69) is 5.32 Å². The number of likely N-dealkylation sites (tertiary alicyclic amines) is 1. The van der Waals surface area contributed by atoms with E-state index >= 15 is 4.39 Å². The molecule has 11 heteroatoms. The largest absolute Gasteiger partial charge is 0.491 e. The van der Waals surface area contributed by atoms with Gasteiger partial charge in [0.05, 0.1) is 32.3 Å². The van der Waals surface area contributed by atoms with Gasteiger partial charge in [-0.15, -0.1) is 0 Å². The molecule has 0 radical (unpaired) electrons. The molecule has 3 atom stereocenters. The van der Waals surface area contributed by atoms with Gasteiger partial charge in [-0.05, 0) is 59.4 Å². The number of carbonyl (C=O) groups is 2. The second kappa shape index (κ2) is 15.4. The minimum Gasteiger partial charge on any atom is -0.491 e. The first kappa shape index (κ1) is 33.2. The first-order valence-electron chi connectivity index (χ1n) is 15.6. The predicted octanol–water partition coefficient (Wildman–Crippen LogP) is 5.20. The average Bonchev–Trinajstić information content (AvgIpc) is 3.68. The van der Waals surface area contributed by atoms with Crippen LogP contribution in [0.5, 0.6) is 17.2 Å². The lowest BCUT2D eigenvalue weighted by atomic mass is 9.82. The molecule has 2 aliphatic rings. The van der Waals surface area contributed by atoms with Crippen molar-refractivity contribution in [2.45, 2.75) is 38.6 Å². The summed E-state index contributed by atoms with van der Waals surface area (Å²) in [7, 11) is 1.61. The lowest BCUT2D eigenvalue weighted by Crippen LogP contribution is -2.35. The third-order valence-corrected chi connectivity index (χ3v) is 8.52. The Labute approximate surface area is 268 Å². The standard InChI is InChI=1S/C35H41FN2O8/c1-4-22-7-6-8-23(5-2)32(22)37-30(39)20-38-19-27(25-17-28(36)34-29(18-25)45-21-46-34)31(35(40)41)33(38)24-9-11-26(12-10-24)44-16-15-43-14-13-42-3/h6-12,17-18,27,31,33H,4-5,13-16,19-21H2,1-3H3,(H,37,39)(H,40,41)/t27-,31?,33+/m1/s1. The molecule has 2 N–H and O–H groups in total. The Kier molecular flexibility index (Phi) is 11.1. The summed E-state index contributed by atoms with van der Waals surface area (Å²) in [4.78, 5) is 28.5. The molecule has 0 saturated carbocycles. The van der Waals surface area contributed by atoms with Crippen LogP contribution >= 0.6 is 0 Å². The van der Waals surface area contributed by atoms with Gasteiger partial charge in [0.15, 0.2) is 11.6 Å². The van der Waals surface area contributed by atoms with Crippen LogP contribution in [-0.4, -0.2) is 75.3 Å². The lowest BCUT2D eigenvalue weighted by molar-refractivity contribution is -0.143. The Hall–Kier alpha value is -4.19. The number of aryl methyl sites for hydroxylation is 2. The number of carbonyl (C=O) groups excluding carboxylic acids is 1. The quantitative estimate of drug-likeness (QED) is 0.217. The number of para-hydroxylation sites is 1. The van der Waals surface area contributed by atoms with Crippen molar-refractivity contribution in [2.24, 2.45) is 5.92 Å². The van der Waals surface area contributed by atoms with Crippen molar-refractivity contribution in [3.8, 4) is 17.2 Å². The molecule has 5 rings (SSSR count). The number of hydrogen-bond acceptors (Lipinski definition) is 8. The van der Waals surface area contributed by atoms with E-state index in [1.165, 1.54) is 6.07 Å². The van der Waals surface area contributed by atoms with Crippen LogP contribution in [0, 0.1) is 11.7 Å². The van der Waals surface area contributed by atoms with Gasteiger partial charge in [0.1, 0.15) is 12.4 Å². The molecular weight excluding hydrogens is 595 g/mol. The molecule has 2 heterocycles. The molecule has 0 bridgehead atoms. The van der Waals surface area contributed by atoms with Crippen molar-refractivity contribution in [3.05, 3.63) is 82.7 Å². The molecule has 46 heavy (non-hydrogen) atoms. The van der Waals surface area contributed by atoms with Gasteiger partial charge in [0.25, 0.3) is 0 Å². The zero-order chi connectivity index (χ0) is 32.6. The summed E-state index contributed by atoms with van der Waals surface area (Å²) in [6.07, 6.45) is 1.50. The van der Waals surface area contributed by atoms with Crippen molar-refractivity contribution in [1.29, 1.82) is 0 Å². The van der Waals surface area contributed by atoms with Gasteiger partial charge in [-0.2, -0.15) is 0 Å². The van der Waals surface area contributed by atoms with Crippen LogP contribution in [0.3, 0.4) is 0 Å². The predicted molar refractivity (Wildman–Crippen MR) is 169 cm³/mol. The molecule has 0 spiro atoms. The van der Waals surface area contributed by atoms with Crippen LogP contribution < -0.4 is 19.5 Å². The van der Waals surface area contributed by atoms with E-state index in [1.54, 1.807) is 25.3 Å². The maximum Gasteiger partial charge on any atom is 0.309 e. The van der Waals surface area contributed by atoms with Crippen LogP contribution in [0.4, 0.5) is 10.1 Å². The first-order chi connectivity index (χ1) is 22.3. The van der Waals surface area contributed by atoms with E-state index in [1.807, 2.05) is 49.1 Å². The number of fused-ring (bicyclic) bond motifs is 1. The number of benzene rings is 3. The molecule has 1 unspecified atom stereocenters. The number of ether oxygens (including phenoxy) is 5. The van der Waals surface area contributed by atoms with E-state index < -0.39 is 29.7 Å². The Morgan fingerprint density at radius 1 is 0.978 bits per heavy atom. The molecule has 1 amide bonds. The SMILES string of the molecule is CCc1cccc(CC)c1NC(=O)CN1C[C@H](c2cc(F)c3c(c2)OCO3)C(C(=O)O)[C@@H]1c1ccc(OCCOCCOC)cc1. The van der Waals surface area contributed by atoms with E-state index in [4.69, 9.17) is 23.7 Å². The molecule has 3 aromatic carbocycles. The number of nitrogens with one attached hydrogen (secondary N) is 1. The van der Waals surface area contributed by atoms with E-state index in [0.717, 1.165) is 29.7 Å². The van der Waals surface area contributed by atoms with Crippen molar-refractivity contribution in [3.63, 3.8) is 0 Å². The van der Waals surface area contributed by atoms with Crippen LogP contribution in [-0.2, 0) is 31.9 Å². The summed E-state index contributed by atoms with van der Waals surface area (Å²) in [6.45, 7) is 5.82. The molecule has 0 aromatic heterocycles. The first-order valence-corrected chi connectivity index (χ1v) is 15.6. The van der Waals surface area contributed by atoms with Gasteiger partial charge in [0, 0.05) is 31.3 Å².